The van der Waals surface area contributed by atoms with E-state index in [0.717, 1.165) is 24.8 Å². The van der Waals surface area contributed by atoms with Crippen LogP contribution in [0.15, 0.2) is 22.8 Å². The van der Waals surface area contributed by atoms with Gasteiger partial charge in [-0.1, -0.05) is 13.8 Å². The van der Waals surface area contributed by atoms with Gasteiger partial charge in [0, 0.05) is 0 Å². The zero-order valence-electron chi connectivity index (χ0n) is 9.66. The lowest BCUT2D eigenvalue weighted by Crippen LogP contribution is -2.14. The third-order valence-corrected chi connectivity index (χ3v) is 3.45. The summed E-state index contributed by atoms with van der Waals surface area (Å²) in [5.41, 5.74) is 0. The molecule has 0 radical (unpaired) electrons. The van der Waals surface area contributed by atoms with Crippen molar-refractivity contribution in [1.82, 2.24) is 5.32 Å². The van der Waals surface area contributed by atoms with Crippen LogP contribution in [0, 0.1) is 5.92 Å². The van der Waals surface area contributed by atoms with Crippen LogP contribution in [-0.2, 0) is 6.54 Å². The summed E-state index contributed by atoms with van der Waals surface area (Å²) in [5.74, 6) is 4.36. The molecular weight excluding hydrogens is 206 g/mol. The van der Waals surface area contributed by atoms with Crippen molar-refractivity contribution in [3.8, 4) is 0 Å². The Hall–Kier alpha value is -0.410. The first kappa shape index (κ1) is 12.7. The molecule has 86 valence electrons. The van der Waals surface area contributed by atoms with Crippen molar-refractivity contribution in [3.05, 3.63) is 24.2 Å². The Labute approximate surface area is 96.8 Å². The summed E-state index contributed by atoms with van der Waals surface area (Å²) < 4.78 is 5.22. The van der Waals surface area contributed by atoms with E-state index in [9.17, 15) is 0 Å². The van der Waals surface area contributed by atoms with Gasteiger partial charge in [-0.25, -0.2) is 0 Å². The molecular formula is C12H21NOS. The van der Waals surface area contributed by atoms with Crippen LogP contribution >= 0.6 is 11.8 Å². The standard InChI is InChI=1S/C12H21NOS/c1-11(2)10-15-8-4-6-13-9-12-5-3-7-14-12/h3,5,7,11,13H,4,6,8-10H2,1-2H3. The van der Waals surface area contributed by atoms with Crippen LogP contribution < -0.4 is 5.32 Å². The third kappa shape index (κ3) is 6.63. The van der Waals surface area contributed by atoms with Crippen LogP contribution in [0.25, 0.3) is 0 Å². The molecule has 1 N–H and O–H groups in total. The van der Waals surface area contributed by atoms with E-state index in [-0.39, 0.29) is 0 Å². The Kier molecular flexibility index (Phi) is 6.60. The fraction of sp³-hybridized carbons (Fsp3) is 0.667. The minimum Gasteiger partial charge on any atom is -0.468 e. The topological polar surface area (TPSA) is 25.2 Å². The number of rotatable bonds is 8. The van der Waals surface area contributed by atoms with E-state index in [1.54, 1.807) is 6.26 Å². The number of hydrogen-bond donors (Lipinski definition) is 1. The van der Waals surface area contributed by atoms with Gasteiger partial charge in [-0.15, -0.1) is 0 Å². The number of nitrogens with one attached hydrogen (secondary N) is 1. The van der Waals surface area contributed by atoms with E-state index in [0.29, 0.717) is 0 Å². The minimum absolute atomic E-state index is 0.811. The molecule has 0 unspecified atom stereocenters. The summed E-state index contributed by atoms with van der Waals surface area (Å²) in [7, 11) is 0. The summed E-state index contributed by atoms with van der Waals surface area (Å²) >= 11 is 2.05. The van der Waals surface area contributed by atoms with Crippen LogP contribution in [-0.4, -0.2) is 18.1 Å². The van der Waals surface area contributed by atoms with E-state index < -0.39 is 0 Å². The molecule has 0 spiro atoms. The molecule has 0 saturated carbocycles. The molecule has 0 amide bonds. The fourth-order valence-electron chi connectivity index (χ4n) is 1.24. The van der Waals surface area contributed by atoms with Gasteiger partial charge in [0.05, 0.1) is 12.8 Å². The summed E-state index contributed by atoms with van der Waals surface area (Å²) in [6.45, 7) is 6.46. The zero-order valence-corrected chi connectivity index (χ0v) is 10.5. The monoisotopic (exact) mass is 227 g/mol. The summed E-state index contributed by atoms with van der Waals surface area (Å²) in [6, 6.07) is 3.93. The maximum Gasteiger partial charge on any atom is 0.117 e. The maximum absolute atomic E-state index is 5.22. The van der Waals surface area contributed by atoms with Gasteiger partial charge in [0.2, 0.25) is 0 Å². The van der Waals surface area contributed by atoms with Crippen LogP contribution in [0.1, 0.15) is 26.0 Å². The van der Waals surface area contributed by atoms with Gasteiger partial charge in [-0.05, 0) is 42.5 Å². The largest absolute Gasteiger partial charge is 0.468 e. The van der Waals surface area contributed by atoms with Gasteiger partial charge in [-0.3, -0.25) is 0 Å². The van der Waals surface area contributed by atoms with Crippen molar-refractivity contribution in [3.63, 3.8) is 0 Å². The molecule has 1 aromatic heterocycles. The van der Waals surface area contributed by atoms with Gasteiger partial charge >= 0.3 is 0 Å². The molecule has 0 saturated heterocycles. The summed E-state index contributed by atoms with van der Waals surface area (Å²) in [6.07, 6.45) is 2.95. The van der Waals surface area contributed by atoms with Crippen LogP contribution in [0.3, 0.4) is 0 Å². The molecule has 0 aliphatic carbocycles. The van der Waals surface area contributed by atoms with Gasteiger partial charge in [0.1, 0.15) is 5.76 Å². The Morgan fingerprint density at radius 3 is 3.00 bits per heavy atom. The molecule has 15 heavy (non-hydrogen) atoms. The minimum atomic E-state index is 0.811. The molecule has 1 heterocycles. The van der Waals surface area contributed by atoms with Crippen molar-refractivity contribution in [2.24, 2.45) is 5.92 Å². The molecule has 3 heteroatoms. The highest BCUT2D eigenvalue weighted by atomic mass is 32.2. The predicted molar refractivity (Wildman–Crippen MR) is 67.2 cm³/mol. The highest BCUT2D eigenvalue weighted by Crippen LogP contribution is 2.08. The van der Waals surface area contributed by atoms with Crippen molar-refractivity contribution < 1.29 is 4.42 Å². The van der Waals surface area contributed by atoms with Crippen LogP contribution in [0.4, 0.5) is 0 Å². The fourth-order valence-corrected chi connectivity index (χ4v) is 2.23. The van der Waals surface area contributed by atoms with E-state index in [1.807, 2.05) is 23.9 Å². The van der Waals surface area contributed by atoms with E-state index in [1.165, 1.54) is 17.9 Å². The predicted octanol–water partition coefficient (Wildman–Crippen LogP) is 3.15. The molecule has 1 rings (SSSR count). The first-order chi connectivity index (χ1) is 7.29. The van der Waals surface area contributed by atoms with Crippen molar-refractivity contribution in [1.29, 1.82) is 0 Å². The maximum atomic E-state index is 5.22. The first-order valence-electron chi connectivity index (χ1n) is 5.60. The number of furan rings is 1. The second-order valence-corrected chi connectivity index (χ2v) is 5.23. The Balaban J connectivity index is 1.85. The smallest absolute Gasteiger partial charge is 0.117 e. The average Bonchev–Trinajstić information content (AvgIpc) is 2.68. The van der Waals surface area contributed by atoms with E-state index in [2.05, 4.69) is 19.2 Å². The highest BCUT2D eigenvalue weighted by Gasteiger charge is 1.96. The van der Waals surface area contributed by atoms with Crippen molar-refractivity contribution in [2.45, 2.75) is 26.8 Å². The number of thioether (sulfide) groups is 1. The van der Waals surface area contributed by atoms with Gasteiger partial charge in [0.15, 0.2) is 0 Å². The van der Waals surface area contributed by atoms with Gasteiger partial charge < -0.3 is 9.73 Å². The second kappa shape index (κ2) is 7.83. The molecule has 0 atom stereocenters. The van der Waals surface area contributed by atoms with Gasteiger partial charge in [-0.2, -0.15) is 11.8 Å². The molecule has 0 aliphatic heterocycles. The zero-order chi connectivity index (χ0) is 10.9. The van der Waals surface area contributed by atoms with E-state index in [4.69, 9.17) is 4.42 Å². The second-order valence-electron chi connectivity index (χ2n) is 4.08. The highest BCUT2D eigenvalue weighted by molar-refractivity contribution is 7.99. The van der Waals surface area contributed by atoms with E-state index >= 15 is 0 Å². The molecule has 2 nitrogen and oxygen atoms in total. The quantitative estimate of drug-likeness (QED) is 0.691. The SMILES string of the molecule is CC(C)CSCCCNCc1ccco1. The van der Waals surface area contributed by atoms with Gasteiger partial charge in [0.25, 0.3) is 0 Å². The van der Waals surface area contributed by atoms with Crippen molar-refractivity contribution in [2.75, 3.05) is 18.1 Å². The Morgan fingerprint density at radius 2 is 2.33 bits per heavy atom. The first-order valence-corrected chi connectivity index (χ1v) is 6.75. The van der Waals surface area contributed by atoms with Crippen LogP contribution in [0.2, 0.25) is 0 Å². The summed E-state index contributed by atoms with van der Waals surface area (Å²) in [4.78, 5) is 0. The number of hydrogen-bond acceptors (Lipinski definition) is 3. The van der Waals surface area contributed by atoms with Crippen LogP contribution in [0.5, 0.6) is 0 Å². The normalized spacial score (nSPS) is 11.1. The molecule has 0 bridgehead atoms. The van der Waals surface area contributed by atoms with Crippen molar-refractivity contribution >= 4 is 11.8 Å². The Bertz CT molecular complexity index is 234. The molecule has 0 fully saturated rings. The lowest BCUT2D eigenvalue weighted by atomic mass is 10.3. The molecule has 0 aromatic carbocycles. The Morgan fingerprint density at radius 1 is 1.47 bits per heavy atom. The molecule has 0 aliphatic rings. The summed E-state index contributed by atoms with van der Waals surface area (Å²) in [5, 5.41) is 3.37. The third-order valence-electron chi connectivity index (χ3n) is 1.97. The lowest BCUT2D eigenvalue weighted by molar-refractivity contribution is 0.483. The lowest BCUT2D eigenvalue weighted by Gasteiger charge is -2.05. The average molecular weight is 227 g/mol. The molecule has 1 aromatic rings.